The van der Waals surface area contributed by atoms with Crippen LogP contribution < -0.4 is 10.2 Å². The molecule has 0 amide bonds. The smallest absolute Gasteiger partial charge is 0.197 e. The van der Waals surface area contributed by atoms with E-state index in [2.05, 4.69) is 4.98 Å². The normalized spacial score (nSPS) is 10.9. The zero-order valence-corrected chi connectivity index (χ0v) is 12.9. The predicted octanol–water partition coefficient (Wildman–Crippen LogP) is 3.87. The molecule has 1 aromatic heterocycles. The molecule has 0 fully saturated rings. The molecule has 112 valence electrons. The number of hydrogen-bond donors (Lipinski definition) is 2. The van der Waals surface area contributed by atoms with Crippen LogP contribution in [0.25, 0.3) is 22.0 Å². The molecule has 2 aromatic carbocycles. The molecule has 0 spiro atoms. The molecule has 3 aromatic rings. The van der Waals surface area contributed by atoms with E-state index in [9.17, 15) is 9.90 Å². The molecule has 0 aliphatic heterocycles. The van der Waals surface area contributed by atoms with E-state index in [1.54, 1.807) is 36.4 Å². The fraction of sp³-hybridized carbons (Fsp3) is 0.118. The Morgan fingerprint density at radius 3 is 2.50 bits per heavy atom. The molecule has 0 bridgehead atoms. The van der Waals surface area contributed by atoms with E-state index in [0.717, 1.165) is 11.3 Å². The SMILES string of the molecule is COc1cc2[nH]c(C)c(-c3ccc(O)cc3)c(=O)c2cc1Cl. The first-order valence-corrected chi connectivity index (χ1v) is 7.08. The summed E-state index contributed by atoms with van der Waals surface area (Å²) in [5.41, 5.74) is 2.61. The van der Waals surface area contributed by atoms with Crippen LogP contribution in [0.1, 0.15) is 5.69 Å². The second kappa shape index (κ2) is 5.39. The van der Waals surface area contributed by atoms with Crippen molar-refractivity contribution in [3.63, 3.8) is 0 Å². The Morgan fingerprint density at radius 2 is 1.86 bits per heavy atom. The maximum atomic E-state index is 12.8. The molecule has 0 radical (unpaired) electrons. The van der Waals surface area contributed by atoms with Gasteiger partial charge in [-0.05, 0) is 30.7 Å². The number of nitrogens with one attached hydrogen (secondary N) is 1. The Balaban J connectivity index is 2.33. The van der Waals surface area contributed by atoms with Crippen molar-refractivity contribution in [1.82, 2.24) is 4.98 Å². The number of hydrogen-bond acceptors (Lipinski definition) is 3. The van der Waals surface area contributed by atoms with Crippen LogP contribution in [0.2, 0.25) is 5.02 Å². The van der Waals surface area contributed by atoms with Gasteiger partial charge in [-0.15, -0.1) is 0 Å². The van der Waals surface area contributed by atoms with Gasteiger partial charge in [0.15, 0.2) is 5.43 Å². The highest BCUT2D eigenvalue weighted by molar-refractivity contribution is 6.32. The number of aromatic nitrogens is 1. The van der Waals surface area contributed by atoms with Crippen LogP contribution in [-0.4, -0.2) is 17.2 Å². The number of H-pyrrole nitrogens is 1. The summed E-state index contributed by atoms with van der Waals surface area (Å²) in [5.74, 6) is 0.674. The van der Waals surface area contributed by atoms with Gasteiger partial charge in [0, 0.05) is 22.7 Å². The fourth-order valence-corrected chi connectivity index (χ4v) is 2.79. The third kappa shape index (κ3) is 2.31. The van der Waals surface area contributed by atoms with E-state index in [0.29, 0.717) is 27.2 Å². The predicted molar refractivity (Wildman–Crippen MR) is 88.0 cm³/mol. The van der Waals surface area contributed by atoms with Crippen molar-refractivity contribution in [3.05, 3.63) is 57.3 Å². The standard InChI is InChI=1S/C17H14ClNO3/c1-9-16(10-3-5-11(20)6-4-10)17(21)12-7-13(18)15(22-2)8-14(12)19-9/h3-8,20H,1-2H3,(H,19,21). The van der Waals surface area contributed by atoms with Gasteiger partial charge in [0.2, 0.25) is 0 Å². The topological polar surface area (TPSA) is 62.3 Å². The number of fused-ring (bicyclic) bond motifs is 1. The van der Waals surface area contributed by atoms with E-state index < -0.39 is 0 Å². The van der Waals surface area contributed by atoms with Gasteiger partial charge in [-0.2, -0.15) is 0 Å². The Morgan fingerprint density at radius 1 is 1.18 bits per heavy atom. The van der Waals surface area contributed by atoms with Gasteiger partial charge in [0.05, 0.1) is 17.6 Å². The van der Waals surface area contributed by atoms with Crippen molar-refractivity contribution in [1.29, 1.82) is 0 Å². The number of aromatic amines is 1. The number of ether oxygens (including phenoxy) is 1. The third-order valence-electron chi connectivity index (χ3n) is 3.62. The number of rotatable bonds is 2. The first-order chi connectivity index (χ1) is 10.5. The Hall–Kier alpha value is -2.46. The summed E-state index contributed by atoms with van der Waals surface area (Å²) in [6, 6.07) is 9.86. The van der Waals surface area contributed by atoms with Gasteiger partial charge in [-0.3, -0.25) is 4.79 Å². The summed E-state index contributed by atoms with van der Waals surface area (Å²) in [5, 5.41) is 10.3. The summed E-state index contributed by atoms with van der Waals surface area (Å²) in [6.45, 7) is 1.84. The lowest BCUT2D eigenvalue weighted by molar-refractivity contribution is 0.415. The first kappa shape index (κ1) is 14.5. The molecular weight excluding hydrogens is 302 g/mol. The van der Waals surface area contributed by atoms with Crippen molar-refractivity contribution >= 4 is 22.5 Å². The number of pyridine rings is 1. The molecule has 0 saturated heterocycles. The molecule has 3 rings (SSSR count). The number of phenolic OH excluding ortho intramolecular Hbond substituents is 1. The summed E-state index contributed by atoms with van der Waals surface area (Å²) >= 11 is 6.12. The molecular formula is C17H14ClNO3. The molecule has 4 nitrogen and oxygen atoms in total. The molecule has 0 saturated carbocycles. The van der Waals surface area contributed by atoms with Crippen LogP contribution >= 0.6 is 11.6 Å². The number of aryl methyl sites for hydroxylation is 1. The molecule has 22 heavy (non-hydrogen) atoms. The minimum absolute atomic E-state index is 0.110. The summed E-state index contributed by atoms with van der Waals surface area (Å²) in [7, 11) is 1.53. The van der Waals surface area contributed by atoms with Gasteiger partial charge >= 0.3 is 0 Å². The van der Waals surface area contributed by atoms with E-state index >= 15 is 0 Å². The van der Waals surface area contributed by atoms with E-state index in [1.165, 1.54) is 7.11 Å². The summed E-state index contributed by atoms with van der Waals surface area (Å²) in [6.07, 6.45) is 0. The van der Waals surface area contributed by atoms with Gasteiger partial charge in [-0.25, -0.2) is 0 Å². The average Bonchev–Trinajstić information content (AvgIpc) is 2.49. The van der Waals surface area contributed by atoms with Gasteiger partial charge in [0.1, 0.15) is 11.5 Å². The first-order valence-electron chi connectivity index (χ1n) is 6.71. The highest BCUT2D eigenvalue weighted by atomic mass is 35.5. The van der Waals surface area contributed by atoms with Gasteiger partial charge < -0.3 is 14.8 Å². The maximum absolute atomic E-state index is 12.8. The largest absolute Gasteiger partial charge is 0.508 e. The second-order valence-corrected chi connectivity index (χ2v) is 5.44. The zero-order valence-electron chi connectivity index (χ0n) is 12.1. The van der Waals surface area contributed by atoms with Crippen LogP contribution in [0.15, 0.2) is 41.2 Å². The van der Waals surface area contributed by atoms with Crippen molar-refractivity contribution in [3.8, 4) is 22.6 Å². The van der Waals surface area contributed by atoms with Crippen molar-refractivity contribution in [2.24, 2.45) is 0 Å². The lowest BCUT2D eigenvalue weighted by Gasteiger charge is -2.10. The lowest BCUT2D eigenvalue weighted by atomic mass is 10.0. The van der Waals surface area contributed by atoms with E-state index in [1.807, 2.05) is 6.92 Å². The van der Waals surface area contributed by atoms with Crippen LogP contribution in [-0.2, 0) is 0 Å². The van der Waals surface area contributed by atoms with E-state index in [-0.39, 0.29) is 11.2 Å². The van der Waals surface area contributed by atoms with Crippen molar-refractivity contribution < 1.29 is 9.84 Å². The van der Waals surface area contributed by atoms with Crippen LogP contribution in [0.4, 0.5) is 0 Å². The van der Waals surface area contributed by atoms with Gasteiger partial charge in [0.25, 0.3) is 0 Å². The highest BCUT2D eigenvalue weighted by Gasteiger charge is 2.13. The Kier molecular flexibility index (Phi) is 3.54. The number of aromatic hydroxyl groups is 1. The van der Waals surface area contributed by atoms with Crippen LogP contribution in [0.3, 0.4) is 0 Å². The lowest BCUT2D eigenvalue weighted by Crippen LogP contribution is -2.09. The highest BCUT2D eigenvalue weighted by Crippen LogP contribution is 2.30. The number of halogens is 1. The number of benzene rings is 2. The average molecular weight is 316 g/mol. The second-order valence-electron chi connectivity index (χ2n) is 5.03. The number of methoxy groups -OCH3 is 1. The quantitative estimate of drug-likeness (QED) is 0.754. The third-order valence-corrected chi connectivity index (χ3v) is 3.91. The minimum Gasteiger partial charge on any atom is -0.508 e. The van der Waals surface area contributed by atoms with Gasteiger partial charge in [-0.1, -0.05) is 23.7 Å². The van der Waals surface area contributed by atoms with E-state index in [4.69, 9.17) is 16.3 Å². The van der Waals surface area contributed by atoms with Crippen LogP contribution in [0, 0.1) is 6.92 Å². The minimum atomic E-state index is -0.110. The molecule has 1 heterocycles. The molecule has 5 heteroatoms. The Bertz CT molecular complexity index is 914. The monoisotopic (exact) mass is 315 g/mol. The zero-order chi connectivity index (χ0) is 15.9. The number of phenols is 1. The molecule has 0 unspecified atom stereocenters. The van der Waals surface area contributed by atoms with Crippen molar-refractivity contribution in [2.45, 2.75) is 6.92 Å². The van der Waals surface area contributed by atoms with Crippen LogP contribution in [0.5, 0.6) is 11.5 Å². The summed E-state index contributed by atoms with van der Waals surface area (Å²) in [4.78, 5) is 16.0. The Labute approximate surface area is 131 Å². The molecule has 2 N–H and O–H groups in total. The maximum Gasteiger partial charge on any atom is 0.197 e. The summed E-state index contributed by atoms with van der Waals surface area (Å²) < 4.78 is 5.18. The van der Waals surface area contributed by atoms with Crippen molar-refractivity contribution in [2.75, 3.05) is 7.11 Å². The molecule has 0 atom stereocenters. The fourth-order valence-electron chi connectivity index (χ4n) is 2.55. The molecule has 0 aliphatic rings. The molecule has 0 aliphatic carbocycles.